The largest absolute Gasteiger partial charge is 0.454 e. The van der Waals surface area contributed by atoms with E-state index in [2.05, 4.69) is 6.58 Å². The molecule has 1 aliphatic rings. The Morgan fingerprint density at radius 2 is 1.89 bits per heavy atom. The molecule has 0 bridgehead atoms. The molecule has 0 unspecified atom stereocenters. The van der Waals surface area contributed by atoms with E-state index in [1.165, 1.54) is 12.1 Å². The number of fused-ring (bicyclic) bond motifs is 1. The number of halogens is 1. The number of ether oxygens (including phenoxy) is 2. The van der Waals surface area contributed by atoms with Crippen LogP contribution < -0.4 is 9.47 Å². The molecule has 0 aliphatic carbocycles. The first-order valence-electron chi connectivity index (χ1n) is 5.60. The average Bonchev–Trinajstić information content (AvgIpc) is 2.84. The van der Waals surface area contributed by atoms with E-state index in [0.717, 1.165) is 16.7 Å². The third-order valence-electron chi connectivity index (χ3n) is 2.90. The van der Waals surface area contributed by atoms with Gasteiger partial charge in [0.25, 0.3) is 0 Å². The highest BCUT2D eigenvalue weighted by molar-refractivity contribution is 5.78. The summed E-state index contributed by atoms with van der Waals surface area (Å²) in [6.45, 7) is 4.00. The van der Waals surface area contributed by atoms with E-state index >= 15 is 0 Å². The molecule has 0 atom stereocenters. The summed E-state index contributed by atoms with van der Waals surface area (Å²) in [6.07, 6.45) is 1.72. The van der Waals surface area contributed by atoms with Gasteiger partial charge in [0.2, 0.25) is 6.79 Å². The minimum Gasteiger partial charge on any atom is -0.454 e. The highest BCUT2D eigenvalue weighted by Crippen LogP contribution is 2.39. The lowest BCUT2D eigenvalue weighted by Gasteiger charge is -2.08. The van der Waals surface area contributed by atoms with Gasteiger partial charge in [-0.25, -0.2) is 4.39 Å². The van der Waals surface area contributed by atoms with Gasteiger partial charge in [0.05, 0.1) is 0 Å². The highest BCUT2D eigenvalue weighted by atomic mass is 19.1. The zero-order valence-electron chi connectivity index (χ0n) is 9.65. The molecule has 2 aromatic rings. The third kappa shape index (κ3) is 1.74. The van der Waals surface area contributed by atoms with Gasteiger partial charge in [0.1, 0.15) is 5.82 Å². The van der Waals surface area contributed by atoms with E-state index < -0.39 is 0 Å². The van der Waals surface area contributed by atoms with Crippen molar-refractivity contribution in [1.29, 1.82) is 0 Å². The summed E-state index contributed by atoms with van der Waals surface area (Å²) in [5.41, 5.74) is 2.57. The monoisotopic (exact) mass is 242 g/mol. The highest BCUT2D eigenvalue weighted by Gasteiger charge is 2.17. The lowest BCUT2D eigenvalue weighted by molar-refractivity contribution is 0.174. The summed E-state index contributed by atoms with van der Waals surface area (Å²) in [7, 11) is 0. The molecule has 0 spiro atoms. The molecule has 0 fully saturated rings. The van der Waals surface area contributed by atoms with E-state index in [4.69, 9.17) is 9.47 Å². The fourth-order valence-electron chi connectivity index (χ4n) is 2.03. The predicted octanol–water partition coefficient (Wildman–Crippen LogP) is 3.86. The van der Waals surface area contributed by atoms with Crippen molar-refractivity contribution < 1.29 is 13.9 Å². The molecule has 2 aromatic carbocycles. The van der Waals surface area contributed by atoms with E-state index in [1.807, 2.05) is 18.2 Å². The predicted molar refractivity (Wildman–Crippen MR) is 68.1 cm³/mol. The Labute approximate surface area is 104 Å². The molecule has 0 amide bonds. The first-order valence-corrected chi connectivity index (χ1v) is 5.60. The standard InChI is InChI=1S/C15H11FO2/c1-2-10-7-14-15(18-9-17-14)8-13(10)11-4-3-5-12(16)6-11/h2-8H,1,9H2. The Balaban J connectivity index is 2.19. The molecule has 3 rings (SSSR count). The van der Waals surface area contributed by atoms with Gasteiger partial charge in [-0.1, -0.05) is 24.8 Å². The Hall–Kier alpha value is -2.29. The molecule has 18 heavy (non-hydrogen) atoms. The van der Waals surface area contributed by atoms with Crippen LogP contribution in [0.15, 0.2) is 43.0 Å². The van der Waals surface area contributed by atoms with Crippen LogP contribution in [0.3, 0.4) is 0 Å². The topological polar surface area (TPSA) is 18.5 Å². The maximum Gasteiger partial charge on any atom is 0.231 e. The number of hydrogen-bond donors (Lipinski definition) is 0. The van der Waals surface area contributed by atoms with Crippen LogP contribution in [0.5, 0.6) is 11.5 Å². The second-order valence-electron chi connectivity index (χ2n) is 4.01. The van der Waals surface area contributed by atoms with Crippen molar-refractivity contribution >= 4 is 6.08 Å². The van der Waals surface area contributed by atoms with Gasteiger partial charge >= 0.3 is 0 Å². The fraction of sp³-hybridized carbons (Fsp3) is 0.0667. The number of benzene rings is 2. The molecule has 0 aromatic heterocycles. The Bertz CT molecular complexity index is 620. The molecule has 0 radical (unpaired) electrons. The van der Waals surface area contributed by atoms with Crippen molar-refractivity contribution in [1.82, 2.24) is 0 Å². The van der Waals surface area contributed by atoms with Crippen molar-refractivity contribution in [3.05, 3.63) is 54.4 Å². The van der Waals surface area contributed by atoms with Crippen molar-refractivity contribution in [3.8, 4) is 22.6 Å². The van der Waals surface area contributed by atoms with Crippen LogP contribution in [0.1, 0.15) is 5.56 Å². The maximum atomic E-state index is 13.3. The zero-order chi connectivity index (χ0) is 12.5. The smallest absolute Gasteiger partial charge is 0.231 e. The molecular formula is C15H11FO2. The molecule has 2 nitrogen and oxygen atoms in total. The summed E-state index contributed by atoms with van der Waals surface area (Å²) < 4.78 is 23.9. The van der Waals surface area contributed by atoms with Gasteiger partial charge in [0, 0.05) is 0 Å². The minimum absolute atomic E-state index is 0.221. The first-order chi connectivity index (χ1) is 8.78. The van der Waals surface area contributed by atoms with Crippen LogP contribution in [0.25, 0.3) is 17.2 Å². The summed E-state index contributed by atoms with van der Waals surface area (Å²) in [4.78, 5) is 0. The van der Waals surface area contributed by atoms with Crippen molar-refractivity contribution in [2.75, 3.05) is 6.79 Å². The molecule has 0 saturated carbocycles. The first kappa shape index (κ1) is 10.8. The molecule has 1 heterocycles. The third-order valence-corrected chi connectivity index (χ3v) is 2.90. The van der Waals surface area contributed by atoms with Crippen molar-refractivity contribution in [2.45, 2.75) is 0 Å². The second kappa shape index (κ2) is 4.18. The lowest BCUT2D eigenvalue weighted by atomic mass is 9.99. The quantitative estimate of drug-likeness (QED) is 0.796. The molecule has 0 N–H and O–H groups in total. The summed E-state index contributed by atoms with van der Waals surface area (Å²) in [6, 6.07) is 10.2. The van der Waals surface area contributed by atoms with Gasteiger partial charge in [-0.05, 0) is 41.0 Å². The van der Waals surface area contributed by atoms with Gasteiger partial charge < -0.3 is 9.47 Å². The normalized spacial score (nSPS) is 12.5. The van der Waals surface area contributed by atoms with Crippen LogP contribution in [0.2, 0.25) is 0 Å². The molecular weight excluding hydrogens is 231 g/mol. The van der Waals surface area contributed by atoms with E-state index in [1.54, 1.807) is 12.1 Å². The summed E-state index contributed by atoms with van der Waals surface area (Å²) >= 11 is 0. The van der Waals surface area contributed by atoms with Gasteiger partial charge in [-0.2, -0.15) is 0 Å². The maximum absolute atomic E-state index is 13.3. The van der Waals surface area contributed by atoms with Crippen molar-refractivity contribution in [3.63, 3.8) is 0 Å². The zero-order valence-corrected chi connectivity index (χ0v) is 9.65. The van der Waals surface area contributed by atoms with Crippen LogP contribution in [0.4, 0.5) is 4.39 Å². The molecule has 3 heteroatoms. The number of rotatable bonds is 2. The lowest BCUT2D eigenvalue weighted by Crippen LogP contribution is -1.92. The number of hydrogen-bond acceptors (Lipinski definition) is 2. The summed E-state index contributed by atoms with van der Waals surface area (Å²) in [5.74, 6) is 1.12. The van der Waals surface area contributed by atoms with Crippen LogP contribution in [0, 0.1) is 5.82 Å². The van der Waals surface area contributed by atoms with Crippen LogP contribution in [-0.2, 0) is 0 Å². The van der Waals surface area contributed by atoms with Crippen LogP contribution in [-0.4, -0.2) is 6.79 Å². The SMILES string of the molecule is C=Cc1cc2c(cc1-c1cccc(F)c1)OCO2. The van der Waals surface area contributed by atoms with Gasteiger partial charge in [0.15, 0.2) is 11.5 Å². The van der Waals surface area contributed by atoms with E-state index in [0.29, 0.717) is 11.5 Å². The Morgan fingerprint density at radius 3 is 2.61 bits per heavy atom. The Kier molecular flexibility index (Phi) is 2.52. The van der Waals surface area contributed by atoms with E-state index in [-0.39, 0.29) is 12.6 Å². The molecule has 0 saturated heterocycles. The van der Waals surface area contributed by atoms with Gasteiger partial charge in [-0.3, -0.25) is 0 Å². The summed E-state index contributed by atoms with van der Waals surface area (Å²) in [5, 5.41) is 0. The molecule has 1 aliphatic heterocycles. The van der Waals surface area contributed by atoms with Crippen LogP contribution >= 0.6 is 0 Å². The average molecular weight is 242 g/mol. The fourth-order valence-corrected chi connectivity index (χ4v) is 2.03. The molecule has 90 valence electrons. The minimum atomic E-state index is -0.264. The van der Waals surface area contributed by atoms with E-state index in [9.17, 15) is 4.39 Å². The van der Waals surface area contributed by atoms with Crippen molar-refractivity contribution in [2.24, 2.45) is 0 Å². The second-order valence-corrected chi connectivity index (χ2v) is 4.01. The van der Waals surface area contributed by atoms with Gasteiger partial charge in [-0.15, -0.1) is 0 Å². The Morgan fingerprint density at radius 1 is 1.11 bits per heavy atom.